The molecule has 0 aliphatic carbocycles. The molecule has 0 atom stereocenters. The first kappa shape index (κ1) is 13.3. The van der Waals surface area contributed by atoms with Crippen molar-refractivity contribution >= 4 is 11.5 Å². The Kier molecular flexibility index (Phi) is 4.75. The van der Waals surface area contributed by atoms with Crippen LogP contribution >= 0.6 is 0 Å². The normalized spacial score (nSPS) is 10.4. The zero-order valence-corrected chi connectivity index (χ0v) is 10.7. The van der Waals surface area contributed by atoms with E-state index in [0.717, 1.165) is 12.2 Å². The highest BCUT2D eigenvalue weighted by molar-refractivity contribution is 5.67. The van der Waals surface area contributed by atoms with Crippen LogP contribution in [0, 0.1) is 5.92 Å². The van der Waals surface area contributed by atoms with Crippen molar-refractivity contribution in [3.63, 3.8) is 0 Å². The van der Waals surface area contributed by atoms with Crippen LogP contribution in [0.4, 0.5) is 11.5 Å². The number of nitrogens with two attached hydrogens (primary N) is 1. The van der Waals surface area contributed by atoms with Gasteiger partial charge < -0.3 is 15.8 Å². The number of nitrogen functional groups attached to an aromatic ring is 1. The predicted octanol–water partition coefficient (Wildman–Crippen LogP) is 1.86. The fourth-order valence-electron chi connectivity index (χ4n) is 1.41. The number of ether oxygens (including phenoxy) is 1. The Bertz CT molecular complexity index is 390. The number of hydrogen-bond acceptors (Lipinski definition) is 5. The SMILES string of the molecule is C=CCNc1nc(CC(C)C)nc(OC)c1N. The number of nitrogens with zero attached hydrogens (tertiary/aromatic N) is 2. The molecule has 0 saturated heterocycles. The molecule has 3 N–H and O–H groups in total. The highest BCUT2D eigenvalue weighted by Crippen LogP contribution is 2.26. The lowest BCUT2D eigenvalue weighted by Crippen LogP contribution is -2.11. The number of methoxy groups -OCH3 is 1. The van der Waals surface area contributed by atoms with Crippen molar-refractivity contribution in [1.82, 2.24) is 9.97 Å². The van der Waals surface area contributed by atoms with Crippen LogP contribution in [0.5, 0.6) is 5.88 Å². The minimum Gasteiger partial charge on any atom is -0.479 e. The minimum absolute atomic E-state index is 0.419. The van der Waals surface area contributed by atoms with E-state index >= 15 is 0 Å². The second-order valence-electron chi connectivity index (χ2n) is 4.18. The lowest BCUT2D eigenvalue weighted by Gasteiger charge is -2.12. The van der Waals surface area contributed by atoms with E-state index in [2.05, 4.69) is 35.7 Å². The van der Waals surface area contributed by atoms with E-state index in [1.54, 1.807) is 13.2 Å². The molecule has 0 bridgehead atoms. The fraction of sp³-hybridized carbons (Fsp3) is 0.500. The highest BCUT2D eigenvalue weighted by atomic mass is 16.5. The minimum atomic E-state index is 0.419. The van der Waals surface area contributed by atoms with Crippen molar-refractivity contribution in [2.45, 2.75) is 20.3 Å². The Morgan fingerprint density at radius 1 is 1.47 bits per heavy atom. The third-order valence-electron chi connectivity index (χ3n) is 2.16. The van der Waals surface area contributed by atoms with E-state index in [4.69, 9.17) is 10.5 Å². The molecule has 94 valence electrons. The standard InChI is InChI=1S/C12H20N4O/c1-5-6-14-11-10(13)12(17-4)16-9(15-11)7-8(2)3/h5,8H,1,6-7,13H2,2-4H3,(H,14,15,16). The van der Waals surface area contributed by atoms with E-state index < -0.39 is 0 Å². The zero-order chi connectivity index (χ0) is 12.8. The summed E-state index contributed by atoms with van der Waals surface area (Å²) in [4.78, 5) is 8.66. The molecule has 5 nitrogen and oxygen atoms in total. The van der Waals surface area contributed by atoms with Crippen LogP contribution in [0.1, 0.15) is 19.7 Å². The summed E-state index contributed by atoms with van der Waals surface area (Å²) in [5.74, 6) is 2.24. The maximum Gasteiger partial charge on any atom is 0.242 e. The Labute approximate surface area is 102 Å². The van der Waals surface area contributed by atoms with Gasteiger partial charge in [0.2, 0.25) is 5.88 Å². The third-order valence-corrected chi connectivity index (χ3v) is 2.16. The molecule has 1 aromatic rings. The first-order valence-corrected chi connectivity index (χ1v) is 5.63. The zero-order valence-electron chi connectivity index (χ0n) is 10.7. The Balaban J connectivity index is 3.04. The van der Waals surface area contributed by atoms with Crippen LogP contribution in [-0.4, -0.2) is 23.6 Å². The lowest BCUT2D eigenvalue weighted by molar-refractivity contribution is 0.396. The van der Waals surface area contributed by atoms with Crippen molar-refractivity contribution in [3.8, 4) is 5.88 Å². The predicted molar refractivity (Wildman–Crippen MR) is 70.2 cm³/mol. The van der Waals surface area contributed by atoms with Gasteiger partial charge in [-0.2, -0.15) is 4.98 Å². The first-order chi connectivity index (χ1) is 8.08. The van der Waals surface area contributed by atoms with Crippen LogP contribution in [0.2, 0.25) is 0 Å². The summed E-state index contributed by atoms with van der Waals surface area (Å²) in [7, 11) is 1.55. The fourth-order valence-corrected chi connectivity index (χ4v) is 1.41. The van der Waals surface area contributed by atoms with Gasteiger partial charge in [-0.15, -0.1) is 6.58 Å². The lowest BCUT2D eigenvalue weighted by atomic mass is 10.1. The summed E-state index contributed by atoms with van der Waals surface area (Å²) >= 11 is 0. The number of aromatic nitrogens is 2. The summed E-state index contributed by atoms with van der Waals surface area (Å²) in [6.07, 6.45) is 2.54. The van der Waals surface area contributed by atoms with Gasteiger partial charge in [-0.1, -0.05) is 19.9 Å². The van der Waals surface area contributed by atoms with Gasteiger partial charge in [0.25, 0.3) is 0 Å². The van der Waals surface area contributed by atoms with Crippen molar-refractivity contribution < 1.29 is 4.74 Å². The quantitative estimate of drug-likeness (QED) is 0.738. The van der Waals surface area contributed by atoms with Gasteiger partial charge in [0.1, 0.15) is 11.5 Å². The Hall–Kier alpha value is -1.78. The van der Waals surface area contributed by atoms with Gasteiger partial charge in [0.05, 0.1) is 7.11 Å². The van der Waals surface area contributed by atoms with Gasteiger partial charge in [-0.25, -0.2) is 4.98 Å². The molecule has 0 radical (unpaired) electrons. The molecule has 1 heterocycles. The summed E-state index contributed by atoms with van der Waals surface area (Å²) in [6, 6.07) is 0. The van der Waals surface area contributed by atoms with Crippen LogP contribution in [0.25, 0.3) is 0 Å². The monoisotopic (exact) mass is 236 g/mol. The van der Waals surface area contributed by atoms with Gasteiger partial charge in [0.15, 0.2) is 5.82 Å². The molecular weight excluding hydrogens is 216 g/mol. The summed E-state index contributed by atoms with van der Waals surface area (Å²) in [6.45, 7) is 8.47. The third kappa shape index (κ3) is 3.62. The smallest absolute Gasteiger partial charge is 0.242 e. The first-order valence-electron chi connectivity index (χ1n) is 5.63. The van der Waals surface area contributed by atoms with Crippen molar-refractivity contribution in [3.05, 3.63) is 18.5 Å². The maximum absolute atomic E-state index is 5.89. The molecule has 1 aromatic heterocycles. The molecule has 0 aliphatic rings. The number of nitrogens with one attached hydrogen (secondary N) is 1. The van der Waals surface area contributed by atoms with E-state index in [1.165, 1.54) is 0 Å². The second-order valence-corrected chi connectivity index (χ2v) is 4.18. The van der Waals surface area contributed by atoms with Crippen molar-refractivity contribution in [1.29, 1.82) is 0 Å². The molecule has 0 spiro atoms. The molecule has 0 aliphatic heterocycles. The molecule has 0 fully saturated rings. The van der Waals surface area contributed by atoms with Gasteiger partial charge >= 0.3 is 0 Å². The molecular formula is C12H20N4O. The average Bonchev–Trinajstić information content (AvgIpc) is 2.28. The largest absolute Gasteiger partial charge is 0.479 e. The topological polar surface area (TPSA) is 73.1 Å². The second kappa shape index (κ2) is 6.08. The van der Waals surface area contributed by atoms with Crippen LogP contribution in [0.15, 0.2) is 12.7 Å². The molecule has 0 unspecified atom stereocenters. The van der Waals surface area contributed by atoms with E-state index in [1.807, 2.05) is 0 Å². The number of anilines is 2. The Morgan fingerprint density at radius 2 is 2.18 bits per heavy atom. The van der Waals surface area contributed by atoms with Crippen molar-refractivity contribution in [2.75, 3.05) is 24.7 Å². The molecule has 0 aromatic carbocycles. The summed E-state index contributed by atoms with van der Waals surface area (Å²) in [5.41, 5.74) is 6.32. The molecule has 17 heavy (non-hydrogen) atoms. The van der Waals surface area contributed by atoms with Gasteiger partial charge in [-0.3, -0.25) is 0 Å². The van der Waals surface area contributed by atoms with Crippen LogP contribution in [0.3, 0.4) is 0 Å². The number of hydrogen-bond donors (Lipinski definition) is 2. The van der Waals surface area contributed by atoms with Crippen LogP contribution < -0.4 is 15.8 Å². The molecule has 1 rings (SSSR count). The molecule has 0 amide bonds. The van der Waals surface area contributed by atoms with E-state index in [0.29, 0.717) is 29.8 Å². The Morgan fingerprint density at radius 3 is 2.71 bits per heavy atom. The maximum atomic E-state index is 5.89. The average molecular weight is 236 g/mol. The molecule has 0 saturated carbocycles. The van der Waals surface area contributed by atoms with Crippen LogP contribution in [-0.2, 0) is 6.42 Å². The van der Waals surface area contributed by atoms with Gasteiger partial charge in [0, 0.05) is 13.0 Å². The van der Waals surface area contributed by atoms with E-state index in [9.17, 15) is 0 Å². The highest BCUT2D eigenvalue weighted by Gasteiger charge is 2.12. The summed E-state index contributed by atoms with van der Waals surface area (Å²) in [5, 5.41) is 3.08. The summed E-state index contributed by atoms with van der Waals surface area (Å²) < 4.78 is 5.15. The number of rotatable bonds is 6. The molecule has 5 heteroatoms. The van der Waals surface area contributed by atoms with Crippen molar-refractivity contribution in [2.24, 2.45) is 5.92 Å². The van der Waals surface area contributed by atoms with Gasteiger partial charge in [-0.05, 0) is 5.92 Å². The van der Waals surface area contributed by atoms with E-state index in [-0.39, 0.29) is 0 Å².